The second-order valence-corrected chi connectivity index (χ2v) is 3.93. The van der Waals surface area contributed by atoms with Crippen LogP contribution in [0, 0.1) is 0 Å². The summed E-state index contributed by atoms with van der Waals surface area (Å²) in [5.41, 5.74) is 0.612. The first-order valence-corrected chi connectivity index (χ1v) is 6.01. The average Bonchev–Trinajstić information content (AvgIpc) is 2.30. The summed E-state index contributed by atoms with van der Waals surface area (Å²) >= 11 is 0. The minimum atomic E-state index is 0.0903. The first kappa shape index (κ1) is 13.6. The van der Waals surface area contributed by atoms with Gasteiger partial charge in [0.15, 0.2) is 5.78 Å². The van der Waals surface area contributed by atoms with Crippen LogP contribution in [-0.4, -0.2) is 30.0 Å². The van der Waals surface area contributed by atoms with Crippen molar-refractivity contribution in [2.24, 2.45) is 0 Å². The van der Waals surface area contributed by atoms with Gasteiger partial charge in [-0.25, -0.2) is 0 Å². The molecule has 0 spiro atoms. The van der Waals surface area contributed by atoms with Crippen LogP contribution in [0.15, 0.2) is 18.5 Å². The molecule has 0 bridgehead atoms. The molecule has 1 aromatic heterocycles. The van der Waals surface area contributed by atoms with Gasteiger partial charge in [-0.15, -0.1) is 0 Å². The van der Waals surface area contributed by atoms with Crippen molar-refractivity contribution in [2.45, 2.75) is 33.2 Å². The Balaban J connectivity index is 2.65. The molecule has 4 heteroatoms. The Labute approximate surface area is 102 Å². The Bertz CT molecular complexity index is 366. The van der Waals surface area contributed by atoms with E-state index in [9.17, 15) is 4.79 Å². The van der Waals surface area contributed by atoms with Crippen LogP contribution in [-0.2, 0) is 0 Å². The van der Waals surface area contributed by atoms with Gasteiger partial charge in [-0.3, -0.25) is 9.78 Å². The van der Waals surface area contributed by atoms with Crippen molar-refractivity contribution in [1.82, 2.24) is 10.3 Å². The Morgan fingerprint density at radius 2 is 2.24 bits per heavy atom. The van der Waals surface area contributed by atoms with Gasteiger partial charge in [-0.2, -0.15) is 0 Å². The average molecular weight is 236 g/mol. The van der Waals surface area contributed by atoms with Gasteiger partial charge in [0.05, 0.1) is 12.8 Å². The van der Waals surface area contributed by atoms with Gasteiger partial charge in [0.1, 0.15) is 5.75 Å². The van der Waals surface area contributed by atoms with Crippen molar-refractivity contribution in [1.29, 1.82) is 0 Å². The largest absolute Gasteiger partial charge is 0.492 e. The van der Waals surface area contributed by atoms with Gasteiger partial charge >= 0.3 is 0 Å². The summed E-state index contributed by atoms with van der Waals surface area (Å²) < 4.78 is 5.32. The van der Waals surface area contributed by atoms with Gasteiger partial charge < -0.3 is 10.1 Å². The number of hydrogen-bond acceptors (Lipinski definition) is 4. The summed E-state index contributed by atoms with van der Waals surface area (Å²) in [6, 6.07) is 1.93. The normalized spacial score (nSPS) is 12.2. The fourth-order valence-electron chi connectivity index (χ4n) is 1.63. The van der Waals surface area contributed by atoms with Crippen LogP contribution in [0.4, 0.5) is 0 Å². The molecule has 94 valence electrons. The lowest BCUT2D eigenvalue weighted by atomic mass is 10.1. The first-order valence-electron chi connectivity index (χ1n) is 6.01. The standard InChI is InChI=1S/C13H20N2O2/c1-4-15-10(3)6-13(16)11-7-12(17-5-2)9-14-8-11/h7-10,15H,4-6H2,1-3H3. The number of hydrogen-bond donors (Lipinski definition) is 1. The molecule has 1 heterocycles. The van der Waals surface area contributed by atoms with Crippen LogP contribution in [0.1, 0.15) is 37.6 Å². The number of aromatic nitrogens is 1. The Hall–Kier alpha value is -1.42. The maximum Gasteiger partial charge on any atom is 0.166 e. The zero-order valence-corrected chi connectivity index (χ0v) is 10.7. The van der Waals surface area contributed by atoms with Crippen LogP contribution in [0.3, 0.4) is 0 Å². The maximum absolute atomic E-state index is 12.0. The maximum atomic E-state index is 12.0. The van der Waals surface area contributed by atoms with Gasteiger partial charge in [-0.05, 0) is 26.5 Å². The highest BCUT2D eigenvalue weighted by atomic mass is 16.5. The second-order valence-electron chi connectivity index (χ2n) is 3.93. The van der Waals surface area contributed by atoms with E-state index in [1.165, 1.54) is 0 Å². The van der Waals surface area contributed by atoms with Crippen molar-refractivity contribution >= 4 is 5.78 Å². The Morgan fingerprint density at radius 3 is 2.88 bits per heavy atom. The molecule has 4 nitrogen and oxygen atoms in total. The van der Waals surface area contributed by atoms with Gasteiger partial charge in [0, 0.05) is 24.2 Å². The molecular formula is C13H20N2O2. The van der Waals surface area contributed by atoms with Crippen molar-refractivity contribution in [2.75, 3.05) is 13.2 Å². The summed E-state index contributed by atoms with van der Waals surface area (Å²) in [5.74, 6) is 0.738. The number of rotatable bonds is 7. The molecule has 1 atom stereocenters. The molecule has 0 aliphatic rings. The van der Waals surface area contributed by atoms with E-state index in [4.69, 9.17) is 4.74 Å². The van der Waals surface area contributed by atoms with Crippen LogP contribution < -0.4 is 10.1 Å². The molecule has 0 aliphatic heterocycles. The number of carbonyl (C=O) groups excluding carboxylic acids is 1. The molecule has 0 fully saturated rings. The second kappa shape index (κ2) is 7.01. The fraction of sp³-hybridized carbons (Fsp3) is 0.538. The molecule has 0 amide bonds. The van der Waals surface area contributed by atoms with Crippen molar-refractivity contribution in [3.05, 3.63) is 24.0 Å². The molecule has 1 rings (SSSR count). The van der Waals surface area contributed by atoms with Crippen molar-refractivity contribution in [3.63, 3.8) is 0 Å². The molecule has 1 unspecified atom stereocenters. The van der Waals surface area contributed by atoms with E-state index in [1.54, 1.807) is 18.5 Å². The van der Waals surface area contributed by atoms with E-state index in [1.807, 2.05) is 20.8 Å². The van der Waals surface area contributed by atoms with E-state index >= 15 is 0 Å². The topological polar surface area (TPSA) is 51.2 Å². The molecule has 0 saturated carbocycles. The van der Waals surface area contributed by atoms with Crippen LogP contribution in [0.25, 0.3) is 0 Å². The van der Waals surface area contributed by atoms with Crippen molar-refractivity contribution < 1.29 is 9.53 Å². The zero-order chi connectivity index (χ0) is 12.7. The van der Waals surface area contributed by atoms with Crippen LogP contribution in [0.2, 0.25) is 0 Å². The third-order valence-electron chi connectivity index (χ3n) is 2.39. The molecule has 17 heavy (non-hydrogen) atoms. The zero-order valence-electron chi connectivity index (χ0n) is 10.7. The SMILES string of the molecule is CCNC(C)CC(=O)c1cncc(OCC)c1. The predicted molar refractivity (Wildman–Crippen MR) is 67.5 cm³/mol. The number of ether oxygens (including phenoxy) is 1. The summed E-state index contributed by atoms with van der Waals surface area (Å²) in [5, 5.41) is 3.21. The molecule has 0 aromatic carbocycles. The monoisotopic (exact) mass is 236 g/mol. The minimum Gasteiger partial charge on any atom is -0.492 e. The molecule has 1 aromatic rings. The molecule has 0 radical (unpaired) electrons. The third-order valence-corrected chi connectivity index (χ3v) is 2.39. The number of carbonyl (C=O) groups is 1. The van der Waals surface area contributed by atoms with E-state index in [0.29, 0.717) is 24.3 Å². The lowest BCUT2D eigenvalue weighted by Crippen LogP contribution is -2.28. The Kier molecular flexibility index (Phi) is 5.63. The number of pyridine rings is 1. The van der Waals surface area contributed by atoms with Crippen LogP contribution >= 0.6 is 0 Å². The molecule has 0 saturated heterocycles. The summed E-state index contributed by atoms with van der Waals surface area (Å²) in [4.78, 5) is 16.0. The summed E-state index contributed by atoms with van der Waals surface area (Å²) in [6.45, 7) is 7.38. The van der Waals surface area contributed by atoms with Gasteiger partial charge in [-0.1, -0.05) is 6.92 Å². The highest BCUT2D eigenvalue weighted by Crippen LogP contribution is 2.13. The quantitative estimate of drug-likeness (QED) is 0.736. The smallest absolute Gasteiger partial charge is 0.166 e. The number of Topliss-reactive ketones (excluding diaryl/α,β-unsaturated/α-hetero) is 1. The predicted octanol–water partition coefficient (Wildman–Crippen LogP) is 2.05. The molecule has 1 N–H and O–H groups in total. The van der Waals surface area contributed by atoms with Crippen LogP contribution in [0.5, 0.6) is 5.75 Å². The van der Waals surface area contributed by atoms with E-state index < -0.39 is 0 Å². The lowest BCUT2D eigenvalue weighted by molar-refractivity contribution is 0.0971. The first-order chi connectivity index (χ1) is 8.17. The van der Waals surface area contributed by atoms with E-state index in [2.05, 4.69) is 10.3 Å². The highest BCUT2D eigenvalue weighted by Gasteiger charge is 2.11. The summed E-state index contributed by atoms with van der Waals surface area (Å²) in [7, 11) is 0. The van der Waals surface area contributed by atoms with E-state index in [-0.39, 0.29) is 11.8 Å². The third kappa shape index (κ3) is 4.53. The lowest BCUT2D eigenvalue weighted by Gasteiger charge is -2.11. The minimum absolute atomic E-state index is 0.0903. The number of ketones is 1. The fourth-order valence-corrected chi connectivity index (χ4v) is 1.63. The Morgan fingerprint density at radius 1 is 1.47 bits per heavy atom. The van der Waals surface area contributed by atoms with Gasteiger partial charge in [0.2, 0.25) is 0 Å². The molecule has 0 aliphatic carbocycles. The summed E-state index contributed by atoms with van der Waals surface area (Å²) in [6.07, 6.45) is 3.68. The highest BCUT2D eigenvalue weighted by molar-refractivity contribution is 5.96. The number of nitrogens with one attached hydrogen (secondary N) is 1. The number of nitrogens with zero attached hydrogens (tertiary/aromatic N) is 1. The van der Waals surface area contributed by atoms with Crippen molar-refractivity contribution in [3.8, 4) is 5.75 Å². The molecular weight excluding hydrogens is 216 g/mol. The van der Waals surface area contributed by atoms with E-state index in [0.717, 1.165) is 6.54 Å². The van der Waals surface area contributed by atoms with Gasteiger partial charge in [0.25, 0.3) is 0 Å².